The molecule has 0 radical (unpaired) electrons. The summed E-state index contributed by atoms with van der Waals surface area (Å²) >= 11 is 5.74. The first-order valence-corrected chi connectivity index (χ1v) is 8.26. The average Bonchev–Trinajstić information content (AvgIpc) is 2.41. The first kappa shape index (κ1) is 15.3. The van der Waals surface area contributed by atoms with E-state index in [-0.39, 0.29) is 10.9 Å². The Balaban J connectivity index is 2.13. The van der Waals surface area contributed by atoms with E-state index in [9.17, 15) is 13.2 Å². The molecule has 110 valence electrons. The first-order chi connectivity index (χ1) is 9.53. The zero-order chi connectivity index (χ0) is 14.6. The number of ether oxygens (including phenoxy) is 1. The van der Waals surface area contributed by atoms with E-state index in [0.29, 0.717) is 24.3 Å². The van der Waals surface area contributed by atoms with Crippen LogP contribution in [0.5, 0.6) is 0 Å². The van der Waals surface area contributed by atoms with Crippen LogP contribution in [-0.4, -0.2) is 27.0 Å². The van der Waals surface area contributed by atoms with Gasteiger partial charge in [0.05, 0.1) is 10.9 Å². The van der Waals surface area contributed by atoms with Gasteiger partial charge in [-0.2, -0.15) is 0 Å². The maximum Gasteiger partial charge on any atom is 0.293 e. The number of halogens is 1. The molecule has 5 nitrogen and oxygen atoms in total. The predicted octanol–water partition coefficient (Wildman–Crippen LogP) is 2.10. The highest BCUT2D eigenvalue weighted by Crippen LogP contribution is 2.23. The fourth-order valence-corrected chi connectivity index (χ4v) is 3.77. The van der Waals surface area contributed by atoms with Crippen molar-refractivity contribution in [2.45, 2.75) is 42.7 Å². The Morgan fingerprint density at radius 2 is 1.85 bits per heavy atom. The van der Waals surface area contributed by atoms with Crippen LogP contribution in [0.3, 0.4) is 0 Å². The number of hydrogen-bond donors (Lipinski definition) is 1. The van der Waals surface area contributed by atoms with E-state index in [1.165, 1.54) is 24.3 Å². The Labute approximate surface area is 123 Å². The number of nitrogens with one attached hydrogen (secondary N) is 1. The van der Waals surface area contributed by atoms with Crippen LogP contribution in [-0.2, 0) is 19.6 Å². The van der Waals surface area contributed by atoms with Gasteiger partial charge in [-0.05, 0) is 43.5 Å². The molecule has 7 heteroatoms. The minimum absolute atomic E-state index is 0.150. The third-order valence-corrected chi connectivity index (χ3v) is 5.12. The van der Waals surface area contributed by atoms with Crippen LogP contribution in [0, 0.1) is 0 Å². The smallest absolute Gasteiger partial charge is 0.293 e. The van der Waals surface area contributed by atoms with Crippen molar-refractivity contribution in [3.05, 3.63) is 29.3 Å². The molecule has 1 N–H and O–H groups in total. The molecule has 1 aromatic rings. The van der Waals surface area contributed by atoms with Crippen LogP contribution < -0.4 is 4.72 Å². The summed E-state index contributed by atoms with van der Waals surface area (Å²) in [5, 5.41) is 0.476. The SMILES string of the molecule is O=CO[C@H]1CCCC[C@@H]1NS(=O)(=O)c1ccc(Cl)cc1. The zero-order valence-electron chi connectivity index (χ0n) is 10.8. The fourth-order valence-electron chi connectivity index (χ4n) is 2.35. The first-order valence-electron chi connectivity index (χ1n) is 6.40. The second kappa shape index (κ2) is 6.56. The average molecular weight is 318 g/mol. The number of rotatable bonds is 5. The maximum atomic E-state index is 12.3. The standard InChI is InChI=1S/C13H16ClNO4S/c14-10-5-7-11(8-6-10)20(17,18)15-12-3-1-2-4-13(12)19-9-16/h5-9,12-13,15H,1-4H2/t12-,13-/m0/s1. The molecule has 0 bridgehead atoms. The van der Waals surface area contributed by atoms with Crippen molar-refractivity contribution < 1.29 is 17.9 Å². The second-order valence-corrected chi connectivity index (χ2v) is 6.89. The minimum Gasteiger partial charge on any atom is -0.463 e. The number of benzene rings is 1. The van der Waals surface area contributed by atoms with Gasteiger partial charge in [-0.3, -0.25) is 4.79 Å². The third kappa shape index (κ3) is 3.71. The molecule has 2 rings (SSSR count). The number of carbonyl (C=O) groups excluding carboxylic acids is 1. The van der Waals surface area contributed by atoms with E-state index in [1.807, 2.05) is 0 Å². The molecule has 0 aromatic heterocycles. The van der Waals surface area contributed by atoms with Crippen LogP contribution in [0.1, 0.15) is 25.7 Å². The Bertz CT molecular complexity index is 558. The molecule has 20 heavy (non-hydrogen) atoms. The second-order valence-electron chi connectivity index (χ2n) is 4.74. The van der Waals surface area contributed by atoms with E-state index < -0.39 is 16.1 Å². The van der Waals surface area contributed by atoms with Crippen molar-refractivity contribution in [2.75, 3.05) is 0 Å². The van der Waals surface area contributed by atoms with Crippen LogP contribution in [0.25, 0.3) is 0 Å². The van der Waals surface area contributed by atoms with Gasteiger partial charge in [-0.15, -0.1) is 0 Å². The van der Waals surface area contributed by atoms with Crippen LogP contribution in [0.4, 0.5) is 0 Å². The highest BCUT2D eigenvalue weighted by molar-refractivity contribution is 7.89. The van der Waals surface area contributed by atoms with Crippen LogP contribution >= 0.6 is 11.6 Å². The highest BCUT2D eigenvalue weighted by atomic mass is 35.5. The summed E-state index contributed by atoms with van der Waals surface area (Å²) in [7, 11) is -3.63. The van der Waals surface area contributed by atoms with Gasteiger partial charge in [-0.25, -0.2) is 13.1 Å². The molecule has 1 aromatic carbocycles. The Kier molecular flexibility index (Phi) is 5.01. The maximum absolute atomic E-state index is 12.3. The topological polar surface area (TPSA) is 72.5 Å². The number of hydrogen-bond acceptors (Lipinski definition) is 4. The van der Waals surface area contributed by atoms with Crippen molar-refractivity contribution in [1.29, 1.82) is 0 Å². The number of sulfonamides is 1. The summed E-state index contributed by atoms with van der Waals surface area (Å²) in [5.74, 6) is 0. The van der Waals surface area contributed by atoms with E-state index in [0.717, 1.165) is 12.8 Å². The molecule has 0 heterocycles. The summed E-state index contributed by atoms with van der Waals surface area (Å²) < 4.78 is 32.1. The van der Waals surface area contributed by atoms with Crippen molar-refractivity contribution in [3.63, 3.8) is 0 Å². The zero-order valence-corrected chi connectivity index (χ0v) is 12.4. The van der Waals surface area contributed by atoms with Gasteiger partial charge < -0.3 is 4.74 Å². The Morgan fingerprint density at radius 1 is 1.20 bits per heavy atom. The molecule has 0 spiro atoms. The quantitative estimate of drug-likeness (QED) is 0.844. The van der Waals surface area contributed by atoms with Gasteiger partial charge in [0.15, 0.2) is 0 Å². The van der Waals surface area contributed by atoms with E-state index in [2.05, 4.69) is 4.72 Å². The van der Waals surface area contributed by atoms with Gasteiger partial charge in [0.1, 0.15) is 6.10 Å². The molecule has 1 fully saturated rings. The van der Waals surface area contributed by atoms with E-state index >= 15 is 0 Å². The third-order valence-electron chi connectivity index (χ3n) is 3.36. The van der Waals surface area contributed by atoms with E-state index in [4.69, 9.17) is 16.3 Å². The lowest BCUT2D eigenvalue weighted by Gasteiger charge is -2.30. The molecule has 2 atom stereocenters. The van der Waals surface area contributed by atoms with Gasteiger partial charge in [-0.1, -0.05) is 18.0 Å². The lowest BCUT2D eigenvalue weighted by Crippen LogP contribution is -2.46. The molecule has 0 saturated heterocycles. The Hall–Kier alpha value is -1.11. The fraction of sp³-hybridized carbons (Fsp3) is 0.462. The lowest BCUT2D eigenvalue weighted by molar-refractivity contribution is -0.136. The minimum atomic E-state index is -3.63. The summed E-state index contributed by atoms with van der Waals surface area (Å²) in [6.07, 6.45) is 2.77. The molecular weight excluding hydrogens is 302 g/mol. The van der Waals surface area contributed by atoms with Gasteiger partial charge in [0.2, 0.25) is 10.0 Å². The van der Waals surface area contributed by atoms with Crippen molar-refractivity contribution in [1.82, 2.24) is 4.72 Å². The van der Waals surface area contributed by atoms with Crippen molar-refractivity contribution in [2.24, 2.45) is 0 Å². The monoisotopic (exact) mass is 317 g/mol. The van der Waals surface area contributed by atoms with Crippen LogP contribution in [0.2, 0.25) is 5.02 Å². The summed E-state index contributed by atoms with van der Waals surface area (Å²) in [4.78, 5) is 10.6. The van der Waals surface area contributed by atoms with Gasteiger partial charge in [0, 0.05) is 5.02 Å². The molecule has 0 aliphatic heterocycles. The normalized spacial score (nSPS) is 23.2. The molecule has 1 saturated carbocycles. The molecule has 0 unspecified atom stereocenters. The van der Waals surface area contributed by atoms with E-state index in [1.54, 1.807) is 0 Å². The van der Waals surface area contributed by atoms with Gasteiger partial charge >= 0.3 is 0 Å². The molecular formula is C13H16ClNO4S. The predicted molar refractivity (Wildman–Crippen MR) is 75.0 cm³/mol. The molecule has 1 aliphatic rings. The molecule has 0 amide bonds. The van der Waals surface area contributed by atoms with Crippen LogP contribution in [0.15, 0.2) is 29.2 Å². The van der Waals surface area contributed by atoms with Crippen molar-refractivity contribution in [3.8, 4) is 0 Å². The Morgan fingerprint density at radius 3 is 2.50 bits per heavy atom. The van der Waals surface area contributed by atoms with Crippen molar-refractivity contribution >= 4 is 28.1 Å². The lowest BCUT2D eigenvalue weighted by atomic mass is 9.93. The number of carbonyl (C=O) groups is 1. The molecule has 1 aliphatic carbocycles. The highest BCUT2D eigenvalue weighted by Gasteiger charge is 2.30. The largest absolute Gasteiger partial charge is 0.463 e. The summed E-state index contributed by atoms with van der Waals surface area (Å²) in [5.41, 5.74) is 0. The summed E-state index contributed by atoms with van der Waals surface area (Å²) in [6, 6.07) is 5.56. The van der Waals surface area contributed by atoms with Gasteiger partial charge in [0.25, 0.3) is 6.47 Å². The summed E-state index contributed by atoms with van der Waals surface area (Å²) in [6.45, 7) is 0.375.